The summed E-state index contributed by atoms with van der Waals surface area (Å²) in [6, 6.07) is 17.5. The van der Waals surface area contributed by atoms with Gasteiger partial charge in [-0.3, -0.25) is 0 Å². The largest absolute Gasteiger partial charge is 0.330 e. The fourth-order valence-corrected chi connectivity index (χ4v) is 2.58. The van der Waals surface area contributed by atoms with Crippen LogP contribution in [-0.2, 0) is 12.8 Å². The number of hydrogen-bond donors (Lipinski definition) is 1. The second-order valence-electron chi connectivity index (χ2n) is 5.49. The molecule has 0 radical (unpaired) electrons. The molecule has 0 unspecified atom stereocenters. The summed E-state index contributed by atoms with van der Waals surface area (Å²) in [7, 11) is 0. The molecule has 0 bridgehead atoms. The molecule has 0 heterocycles. The summed E-state index contributed by atoms with van der Waals surface area (Å²) in [5.74, 6) is 0.517. The van der Waals surface area contributed by atoms with Crippen LogP contribution in [0.5, 0.6) is 0 Å². The van der Waals surface area contributed by atoms with Gasteiger partial charge in [-0.15, -0.1) is 0 Å². The quantitative estimate of drug-likeness (QED) is 0.864. The lowest BCUT2D eigenvalue weighted by atomic mass is 9.91. The first-order chi connectivity index (χ1) is 9.17. The molecule has 0 saturated heterocycles. The molecule has 0 amide bonds. The van der Waals surface area contributed by atoms with Crippen LogP contribution in [0.25, 0.3) is 0 Å². The Morgan fingerprint density at radius 1 is 0.842 bits per heavy atom. The van der Waals surface area contributed by atoms with E-state index in [1.807, 2.05) is 0 Å². The highest BCUT2D eigenvalue weighted by Crippen LogP contribution is 2.16. The molecule has 0 atom stereocenters. The molecule has 2 rings (SSSR count). The van der Waals surface area contributed by atoms with Crippen molar-refractivity contribution in [2.75, 3.05) is 6.54 Å². The third-order valence-corrected chi connectivity index (χ3v) is 3.55. The van der Waals surface area contributed by atoms with Crippen molar-refractivity contribution in [3.63, 3.8) is 0 Å². The third-order valence-electron chi connectivity index (χ3n) is 3.55. The summed E-state index contributed by atoms with van der Waals surface area (Å²) >= 11 is 0. The summed E-state index contributed by atoms with van der Waals surface area (Å²) in [5.41, 5.74) is 11.4. The fourth-order valence-electron chi connectivity index (χ4n) is 2.58. The van der Waals surface area contributed by atoms with E-state index < -0.39 is 0 Å². The Labute approximate surface area is 116 Å². The topological polar surface area (TPSA) is 26.0 Å². The zero-order chi connectivity index (χ0) is 13.7. The van der Waals surface area contributed by atoms with Gasteiger partial charge in [-0.05, 0) is 50.3 Å². The molecule has 0 aliphatic rings. The van der Waals surface area contributed by atoms with Crippen LogP contribution in [0.1, 0.15) is 22.3 Å². The average molecular weight is 253 g/mol. The van der Waals surface area contributed by atoms with Gasteiger partial charge in [-0.25, -0.2) is 0 Å². The van der Waals surface area contributed by atoms with Gasteiger partial charge in [0.25, 0.3) is 0 Å². The minimum Gasteiger partial charge on any atom is -0.330 e. The lowest BCUT2D eigenvalue weighted by Crippen LogP contribution is -2.19. The van der Waals surface area contributed by atoms with Crippen molar-refractivity contribution < 1.29 is 0 Å². The van der Waals surface area contributed by atoms with Crippen molar-refractivity contribution in [3.8, 4) is 0 Å². The van der Waals surface area contributed by atoms with Gasteiger partial charge in [-0.2, -0.15) is 0 Å². The molecule has 100 valence electrons. The van der Waals surface area contributed by atoms with E-state index in [4.69, 9.17) is 5.73 Å². The van der Waals surface area contributed by atoms with Crippen LogP contribution in [0.2, 0.25) is 0 Å². The first-order valence-corrected chi connectivity index (χ1v) is 6.98. The Kier molecular flexibility index (Phi) is 4.75. The van der Waals surface area contributed by atoms with Crippen molar-refractivity contribution >= 4 is 0 Å². The zero-order valence-corrected chi connectivity index (χ0v) is 11.9. The third kappa shape index (κ3) is 4.22. The minimum atomic E-state index is 0.517. The predicted octanol–water partition coefficient (Wildman–Crippen LogP) is 3.66. The molecule has 1 heteroatoms. The van der Waals surface area contributed by atoms with Crippen LogP contribution in [0, 0.1) is 19.8 Å². The number of hydrogen-bond acceptors (Lipinski definition) is 1. The second-order valence-corrected chi connectivity index (χ2v) is 5.49. The number of nitrogens with two attached hydrogens (primary N) is 1. The van der Waals surface area contributed by atoms with Crippen LogP contribution in [-0.4, -0.2) is 6.54 Å². The summed E-state index contributed by atoms with van der Waals surface area (Å²) in [6.07, 6.45) is 2.12. The molecular formula is C18H23N. The Morgan fingerprint density at radius 3 is 1.68 bits per heavy atom. The van der Waals surface area contributed by atoms with Crippen molar-refractivity contribution in [2.45, 2.75) is 26.7 Å². The van der Waals surface area contributed by atoms with E-state index in [-0.39, 0.29) is 0 Å². The smallest absolute Gasteiger partial charge is 0.00425 e. The molecule has 0 spiro atoms. The molecule has 0 aliphatic heterocycles. The fraction of sp³-hybridized carbons (Fsp3) is 0.333. The van der Waals surface area contributed by atoms with Gasteiger partial charge >= 0.3 is 0 Å². The van der Waals surface area contributed by atoms with Crippen molar-refractivity contribution in [2.24, 2.45) is 11.7 Å². The van der Waals surface area contributed by atoms with Gasteiger partial charge in [-0.1, -0.05) is 59.7 Å². The van der Waals surface area contributed by atoms with E-state index in [1.54, 1.807) is 0 Å². The molecule has 2 aromatic carbocycles. The molecular weight excluding hydrogens is 230 g/mol. The van der Waals surface area contributed by atoms with E-state index in [0.717, 1.165) is 19.4 Å². The molecule has 1 nitrogen and oxygen atoms in total. The van der Waals surface area contributed by atoms with Gasteiger partial charge < -0.3 is 5.73 Å². The zero-order valence-electron chi connectivity index (χ0n) is 11.9. The summed E-state index contributed by atoms with van der Waals surface area (Å²) in [5, 5.41) is 0. The normalized spacial score (nSPS) is 10.9. The lowest BCUT2D eigenvalue weighted by Gasteiger charge is -2.15. The number of benzene rings is 2. The Bertz CT molecular complexity index is 483. The molecule has 19 heavy (non-hydrogen) atoms. The lowest BCUT2D eigenvalue weighted by molar-refractivity contribution is 0.533. The van der Waals surface area contributed by atoms with Crippen LogP contribution < -0.4 is 5.73 Å². The SMILES string of the molecule is Cc1cccc(CC(CN)Cc2cccc(C)c2)c1. The Balaban J connectivity index is 2.04. The van der Waals surface area contributed by atoms with Crippen LogP contribution in [0.3, 0.4) is 0 Å². The molecule has 0 aromatic heterocycles. The second kappa shape index (κ2) is 6.53. The van der Waals surface area contributed by atoms with Crippen molar-refractivity contribution in [1.29, 1.82) is 0 Å². The van der Waals surface area contributed by atoms with Crippen molar-refractivity contribution in [1.82, 2.24) is 0 Å². The van der Waals surface area contributed by atoms with E-state index in [2.05, 4.69) is 62.4 Å². The summed E-state index contributed by atoms with van der Waals surface area (Å²) < 4.78 is 0. The maximum absolute atomic E-state index is 5.94. The summed E-state index contributed by atoms with van der Waals surface area (Å²) in [6.45, 7) is 5.02. The van der Waals surface area contributed by atoms with Crippen LogP contribution in [0.15, 0.2) is 48.5 Å². The highest BCUT2D eigenvalue weighted by Gasteiger charge is 2.09. The number of aryl methyl sites for hydroxylation is 2. The molecule has 2 aromatic rings. The minimum absolute atomic E-state index is 0.517. The summed E-state index contributed by atoms with van der Waals surface area (Å²) in [4.78, 5) is 0. The molecule has 0 fully saturated rings. The van der Waals surface area contributed by atoms with Gasteiger partial charge in [0, 0.05) is 0 Å². The number of rotatable bonds is 5. The van der Waals surface area contributed by atoms with Crippen LogP contribution in [0.4, 0.5) is 0 Å². The monoisotopic (exact) mass is 253 g/mol. The van der Waals surface area contributed by atoms with E-state index in [9.17, 15) is 0 Å². The first kappa shape index (κ1) is 13.8. The van der Waals surface area contributed by atoms with Gasteiger partial charge in [0.1, 0.15) is 0 Å². The maximum Gasteiger partial charge on any atom is -0.00425 e. The molecule has 2 N–H and O–H groups in total. The Morgan fingerprint density at radius 2 is 1.32 bits per heavy atom. The van der Waals surface area contributed by atoms with Gasteiger partial charge in [0.15, 0.2) is 0 Å². The highest BCUT2D eigenvalue weighted by molar-refractivity contribution is 5.25. The standard InChI is InChI=1S/C18H23N/c1-14-5-3-7-16(9-14)11-18(13-19)12-17-8-4-6-15(2)10-17/h3-10,18H,11-13,19H2,1-2H3. The maximum atomic E-state index is 5.94. The van der Waals surface area contributed by atoms with Gasteiger partial charge in [0.2, 0.25) is 0 Å². The predicted molar refractivity (Wildman–Crippen MR) is 82.3 cm³/mol. The van der Waals surface area contributed by atoms with Crippen molar-refractivity contribution in [3.05, 3.63) is 70.8 Å². The highest BCUT2D eigenvalue weighted by atomic mass is 14.5. The van der Waals surface area contributed by atoms with Crippen LogP contribution >= 0.6 is 0 Å². The first-order valence-electron chi connectivity index (χ1n) is 6.98. The van der Waals surface area contributed by atoms with Gasteiger partial charge in [0.05, 0.1) is 0 Å². The Hall–Kier alpha value is -1.60. The molecule has 0 saturated carbocycles. The van der Waals surface area contributed by atoms with E-state index in [1.165, 1.54) is 22.3 Å². The molecule has 0 aliphatic carbocycles. The van der Waals surface area contributed by atoms with E-state index in [0.29, 0.717) is 5.92 Å². The van der Waals surface area contributed by atoms with E-state index >= 15 is 0 Å². The average Bonchev–Trinajstić information content (AvgIpc) is 2.38.